The Morgan fingerprint density at radius 1 is 1.45 bits per heavy atom. The minimum atomic E-state index is 0.500. The number of pyridine rings is 1. The van der Waals surface area contributed by atoms with Gasteiger partial charge in [-0.25, -0.2) is 0 Å². The lowest BCUT2D eigenvalue weighted by atomic mass is 10.4. The lowest BCUT2D eigenvalue weighted by Gasteiger charge is -1.97. The highest BCUT2D eigenvalue weighted by Crippen LogP contribution is 2.07. The van der Waals surface area contributed by atoms with Gasteiger partial charge in [0.1, 0.15) is 5.75 Å². The Balaban J connectivity index is 0.000000461. The van der Waals surface area contributed by atoms with Crippen LogP contribution in [0.5, 0.6) is 5.75 Å². The quantitative estimate of drug-likeness (QED) is 0.622. The molecule has 11 heavy (non-hydrogen) atoms. The fourth-order valence-electron chi connectivity index (χ4n) is 0.647. The fourth-order valence-corrected chi connectivity index (χ4v) is 0.647. The third-order valence-corrected chi connectivity index (χ3v) is 1.10. The lowest BCUT2D eigenvalue weighted by molar-refractivity contribution is 0.414. The predicted molar refractivity (Wildman–Crippen MR) is 42.6 cm³/mol. The molecule has 0 aromatic carbocycles. The van der Waals surface area contributed by atoms with Crippen LogP contribution in [0.15, 0.2) is 18.3 Å². The zero-order valence-electron chi connectivity index (χ0n) is 6.97. The van der Waals surface area contributed by atoms with Crippen molar-refractivity contribution in [2.24, 2.45) is 0 Å². The summed E-state index contributed by atoms with van der Waals surface area (Å²) in [6.07, 6.45) is 1.73. The van der Waals surface area contributed by atoms with Gasteiger partial charge in [0.2, 0.25) is 0 Å². The van der Waals surface area contributed by atoms with Crippen molar-refractivity contribution in [1.82, 2.24) is 4.98 Å². The molecule has 0 fully saturated rings. The molecule has 2 nitrogen and oxygen atoms in total. The van der Waals surface area contributed by atoms with Gasteiger partial charge < -0.3 is 4.74 Å². The second-order valence-corrected chi connectivity index (χ2v) is 1.84. The first-order valence-electron chi connectivity index (χ1n) is 3.17. The largest absolute Gasteiger partial charge is 0.497 e. The van der Waals surface area contributed by atoms with E-state index in [2.05, 4.69) is 4.98 Å². The van der Waals surface area contributed by atoms with Crippen LogP contribution < -0.4 is 4.74 Å². The van der Waals surface area contributed by atoms with Crippen molar-refractivity contribution >= 4 is 0 Å². The molecule has 1 heterocycles. The number of aromatic nitrogens is 1. The van der Waals surface area contributed by atoms with Gasteiger partial charge in [0, 0.05) is 18.0 Å². The molecule has 0 bridgehead atoms. The van der Waals surface area contributed by atoms with E-state index < -0.39 is 0 Å². The monoisotopic (exact) mass is 157 g/mol. The number of hydrogen-bond donors (Lipinski definition) is 0. The van der Waals surface area contributed by atoms with E-state index in [0.29, 0.717) is 7.18 Å². The average molecular weight is 157 g/mol. The van der Waals surface area contributed by atoms with Crippen LogP contribution in [0, 0.1) is 6.92 Å². The molecule has 0 amide bonds. The van der Waals surface area contributed by atoms with Crippen LogP contribution in [0.4, 0.5) is 4.39 Å². The molecule has 3 heteroatoms. The molecule has 0 saturated heterocycles. The standard InChI is InChI=1S/C7H9NO.CH3F/c1-6-5-7(9-2)3-4-8-6;1-2/h3-5H,1-2H3;1H3. The van der Waals surface area contributed by atoms with Crippen molar-refractivity contribution in [3.8, 4) is 5.75 Å². The molecule has 1 aromatic rings. The van der Waals surface area contributed by atoms with E-state index in [1.807, 2.05) is 19.1 Å². The first-order valence-corrected chi connectivity index (χ1v) is 3.17. The third kappa shape index (κ3) is 3.55. The molecule has 62 valence electrons. The van der Waals surface area contributed by atoms with Gasteiger partial charge in [0.05, 0.1) is 14.3 Å². The highest BCUT2D eigenvalue weighted by molar-refractivity contribution is 5.21. The van der Waals surface area contributed by atoms with E-state index in [4.69, 9.17) is 4.74 Å². The number of alkyl halides is 1. The van der Waals surface area contributed by atoms with Crippen LogP contribution in [-0.4, -0.2) is 19.3 Å². The minimum Gasteiger partial charge on any atom is -0.497 e. The topological polar surface area (TPSA) is 22.1 Å². The maximum Gasteiger partial charge on any atom is 0.122 e. The minimum absolute atomic E-state index is 0.500. The Morgan fingerprint density at radius 2 is 2.09 bits per heavy atom. The van der Waals surface area contributed by atoms with Gasteiger partial charge in [-0.1, -0.05) is 0 Å². The second-order valence-electron chi connectivity index (χ2n) is 1.84. The van der Waals surface area contributed by atoms with Gasteiger partial charge >= 0.3 is 0 Å². The first kappa shape index (κ1) is 9.88. The molecule has 0 aliphatic rings. The molecule has 0 spiro atoms. The van der Waals surface area contributed by atoms with Crippen LogP contribution in [-0.2, 0) is 0 Å². The molecule has 0 N–H and O–H groups in total. The second kappa shape index (κ2) is 5.65. The van der Waals surface area contributed by atoms with Crippen molar-refractivity contribution in [3.05, 3.63) is 24.0 Å². The van der Waals surface area contributed by atoms with E-state index in [1.54, 1.807) is 13.3 Å². The van der Waals surface area contributed by atoms with Crippen molar-refractivity contribution in [1.29, 1.82) is 0 Å². The van der Waals surface area contributed by atoms with Gasteiger partial charge in [0.25, 0.3) is 0 Å². The average Bonchev–Trinajstić information content (AvgIpc) is 2.08. The maximum atomic E-state index is 9.50. The van der Waals surface area contributed by atoms with Gasteiger partial charge in [0.15, 0.2) is 0 Å². The SMILES string of the molecule is CF.COc1ccnc(C)c1. The summed E-state index contributed by atoms with van der Waals surface area (Å²) in [5, 5.41) is 0. The molecule has 0 atom stereocenters. The van der Waals surface area contributed by atoms with Crippen LogP contribution >= 0.6 is 0 Å². The highest BCUT2D eigenvalue weighted by atomic mass is 19.1. The van der Waals surface area contributed by atoms with Crippen LogP contribution in [0.25, 0.3) is 0 Å². The molecular formula is C8H12FNO. The summed E-state index contributed by atoms with van der Waals surface area (Å²) in [4.78, 5) is 4.01. The predicted octanol–water partition coefficient (Wildman–Crippen LogP) is 1.98. The third-order valence-electron chi connectivity index (χ3n) is 1.10. The Hall–Kier alpha value is -1.12. The molecule has 0 aliphatic carbocycles. The molecule has 0 radical (unpaired) electrons. The van der Waals surface area contributed by atoms with Crippen molar-refractivity contribution in [2.75, 3.05) is 14.3 Å². The van der Waals surface area contributed by atoms with E-state index in [1.165, 1.54) is 0 Å². The Labute approximate surface area is 66.0 Å². The number of rotatable bonds is 1. The van der Waals surface area contributed by atoms with Crippen molar-refractivity contribution < 1.29 is 9.13 Å². The highest BCUT2D eigenvalue weighted by Gasteiger charge is 1.87. The Kier molecular flexibility index (Phi) is 5.07. The Morgan fingerprint density at radius 3 is 2.45 bits per heavy atom. The van der Waals surface area contributed by atoms with Gasteiger partial charge in [-0.05, 0) is 13.0 Å². The number of hydrogen-bond acceptors (Lipinski definition) is 2. The normalized spacial score (nSPS) is 8.00. The van der Waals surface area contributed by atoms with Crippen molar-refractivity contribution in [2.45, 2.75) is 6.92 Å². The van der Waals surface area contributed by atoms with E-state index in [0.717, 1.165) is 11.4 Å². The van der Waals surface area contributed by atoms with E-state index in [9.17, 15) is 4.39 Å². The number of nitrogens with zero attached hydrogens (tertiary/aromatic N) is 1. The maximum absolute atomic E-state index is 9.50. The Bertz CT molecular complexity index is 203. The number of aryl methyl sites for hydroxylation is 1. The van der Waals surface area contributed by atoms with Gasteiger partial charge in [-0.15, -0.1) is 0 Å². The zero-order chi connectivity index (χ0) is 8.69. The summed E-state index contributed by atoms with van der Waals surface area (Å²) in [5.41, 5.74) is 0.981. The van der Waals surface area contributed by atoms with E-state index in [-0.39, 0.29) is 0 Å². The summed E-state index contributed by atoms with van der Waals surface area (Å²) in [6.45, 7) is 1.93. The smallest absolute Gasteiger partial charge is 0.122 e. The van der Waals surface area contributed by atoms with Crippen LogP contribution in [0.3, 0.4) is 0 Å². The first-order chi connectivity index (χ1) is 5.33. The number of halogens is 1. The van der Waals surface area contributed by atoms with Crippen LogP contribution in [0.2, 0.25) is 0 Å². The van der Waals surface area contributed by atoms with Crippen molar-refractivity contribution in [3.63, 3.8) is 0 Å². The molecular weight excluding hydrogens is 145 g/mol. The number of ether oxygens (including phenoxy) is 1. The summed E-state index contributed by atoms with van der Waals surface area (Å²) >= 11 is 0. The zero-order valence-corrected chi connectivity index (χ0v) is 6.97. The molecule has 0 unspecified atom stereocenters. The fraction of sp³-hybridized carbons (Fsp3) is 0.375. The summed E-state index contributed by atoms with van der Waals surface area (Å²) in [6, 6.07) is 3.72. The molecule has 0 saturated carbocycles. The molecule has 1 rings (SSSR count). The molecule has 0 aliphatic heterocycles. The number of methoxy groups -OCH3 is 1. The molecule has 1 aromatic heterocycles. The lowest BCUT2D eigenvalue weighted by Crippen LogP contribution is -1.84. The summed E-state index contributed by atoms with van der Waals surface area (Å²) < 4.78 is 14.5. The summed E-state index contributed by atoms with van der Waals surface area (Å²) in [7, 11) is 2.15. The summed E-state index contributed by atoms with van der Waals surface area (Å²) in [5.74, 6) is 0.863. The van der Waals surface area contributed by atoms with Crippen LogP contribution in [0.1, 0.15) is 5.69 Å². The van der Waals surface area contributed by atoms with Gasteiger partial charge in [-0.2, -0.15) is 0 Å². The van der Waals surface area contributed by atoms with Gasteiger partial charge in [-0.3, -0.25) is 9.37 Å². The van der Waals surface area contributed by atoms with E-state index >= 15 is 0 Å².